The number of carbonyl (C=O) groups excluding carboxylic acids is 2. The Hall–Kier alpha value is -1.67. The van der Waals surface area contributed by atoms with Gasteiger partial charge in [-0.25, -0.2) is 4.79 Å². The van der Waals surface area contributed by atoms with E-state index in [1.165, 1.54) is 9.80 Å². The molecule has 1 aromatic carbocycles. The molecule has 26 heavy (non-hydrogen) atoms. The highest BCUT2D eigenvalue weighted by Crippen LogP contribution is 2.26. The zero-order chi connectivity index (χ0) is 19.1. The maximum Gasteiger partial charge on any atom is 0.328 e. The van der Waals surface area contributed by atoms with Crippen LogP contribution in [0.15, 0.2) is 30.3 Å². The second kappa shape index (κ2) is 9.87. The van der Waals surface area contributed by atoms with Crippen molar-refractivity contribution in [1.82, 2.24) is 9.80 Å². The van der Waals surface area contributed by atoms with E-state index >= 15 is 0 Å². The fourth-order valence-corrected chi connectivity index (χ4v) is 3.89. The summed E-state index contributed by atoms with van der Waals surface area (Å²) >= 11 is 5.99. The molecule has 1 N–H and O–H groups in total. The van der Waals surface area contributed by atoms with Crippen molar-refractivity contribution < 1.29 is 19.5 Å². The first-order valence-corrected chi connectivity index (χ1v) is 10.5. The Morgan fingerprint density at radius 1 is 1.31 bits per heavy atom. The van der Waals surface area contributed by atoms with E-state index in [0.717, 1.165) is 17.7 Å². The smallest absolute Gasteiger partial charge is 0.328 e. The van der Waals surface area contributed by atoms with Gasteiger partial charge in [0.25, 0.3) is 5.91 Å². The first-order valence-electron chi connectivity index (χ1n) is 8.48. The van der Waals surface area contributed by atoms with E-state index in [-0.39, 0.29) is 5.91 Å². The predicted molar refractivity (Wildman–Crippen MR) is 106 cm³/mol. The number of urea groups is 1. The number of hydrogen-bond donors (Lipinski definition) is 2. The van der Waals surface area contributed by atoms with E-state index < -0.39 is 30.6 Å². The fourth-order valence-electron chi connectivity index (χ4n) is 3.14. The van der Waals surface area contributed by atoms with Crippen molar-refractivity contribution in [1.29, 1.82) is 0 Å². The summed E-state index contributed by atoms with van der Waals surface area (Å²) < 4.78 is 0. The molecule has 2 unspecified atom stereocenters. The SMILES string of the molecule is CSCCCC1C(=O)N(C(CS)Cc2ccccc2)C(=O)N1CC(=O)O. The minimum Gasteiger partial charge on any atom is -0.480 e. The maximum absolute atomic E-state index is 12.9. The molecule has 0 saturated carbocycles. The predicted octanol–water partition coefficient (Wildman–Crippen LogP) is 2.39. The Labute approximate surface area is 163 Å². The van der Waals surface area contributed by atoms with Crippen LogP contribution in [0.4, 0.5) is 4.79 Å². The second-order valence-electron chi connectivity index (χ2n) is 6.19. The molecular weight excluding hydrogens is 372 g/mol. The summed E-state index contributed by atoms with van der Waals surface area (Å²) in [7, 11) is 0. The van der Waals surface area contributed by atoms with Crippen molar-refractivity contribution in [3.63, 3.8) is 0 Å². The van der Waals surface area contributed by atoms with Gasteiger partial charge >= 0.3 is 12.0 Å². The van der Waals surface area contributed by atoms with E-state index in [0.29, 0.717) is 18.6 Å². The van der Waals surface area contributed by atoms with Gasteiger partial charge in [0.05, 0.1) is 6.04 Å². The molecule has 1 heterocycles. The highest BCUT2D eigenvalue weighted by atomic mass is 32.2. The molecule has 6 nitrogen and oxygen atoms in total. The van der Waals surface area contributed by atoms with Gasteiger partial charge in [0.2, 0.25) is 0 Å². The standard InChI is InChI=1S/C18H24N2O4S2/c1-26-9-5-8-15-17(23)20(18(24)19(15)11-16(21)22)14(12-25)10-13-6-3-2-4-7-13/h2-4,6-7,14-15,25H,5,8-12H2,1H3,(H,21,22). The highest BCUT2D eigenvalue weighted by molar-refractivity contribution is 7.98. The number of carboxylic acid groups (broad SMARTS) is 1. The molecular formula is C18H24N2O4S2. The van der Waals surface area contributed by atoms with Crippen molar-refractivity contribution in [2.75, 3.05) is 24.3 Å². The summed E-state index contributed by atoms with van der Waals surface area (Å²) in [6.07, 6.45) is 3.69. The van der Waals surface area contributed by atoms with Gasteiger partial charge in [0.1, 0.15) is 12.6 Å². The van der Waals surface area contributed by atoms with Crippen LogP contribution in [0.3, 0.4) is 0 Å². The van der Waals surface area contributed by atoms with Crippen LogP contribution in [0.25, 0.3) is 0 Å². The fraction of sp³-hybridized carbons (Fsp3) is 0.500. The van der Waals surface area contributed by atoms with Crippen LogP contribution >= 0.6 is 24.4 Å². The summed E-state index contributed by atoms with van der Waals surface area (Å²) in [6.45, 7) is -0.463. The van der Waals surface area contributed by atoms with Crippen LogP contribution in [-0.2, 0) is 16.0 Å². The molecule has 2 rings (SSSR count). The minimum absolute atomic E-state index is 0.313. The number of amides is 3. The monoisotopic (exact) mass is 396 g/mol. The summed E-state index contributed by atoms with van der Waals surface area (Å²) in [6, 6.07) is 7.95. The highest BCUT2D eigenvalue weighted by Gasteiger charge is 2.47. The van der Waals surface area contributed by atoms with Crippen molar-refractivity contribution in [2.45, 2.75) is 31.3 Å². The number of benzene rings is 1. The van der Waals surface area contributed by atoms with Gasteiger partial charge in [0.15, 0.2) is 0 Å². The number of nitrogens with zero attached hydrogens (tertiary/aromatic N) is 2. The lowest BCUT2D eigenvalue weighted by atomic mass is 10.1. The van der Waals surface area contributed by atoms with Crippen LogP contribution in [-0.4, -0.2) is 69.2 Å². The topological polar surface area (TPSA) is 77.9 Å². The number of thioether (sulfide) groups is 1. The van der Waals surface area contributed by atoms with Gasteiger partial charge in [0, 0.05) is 5.75 Å². The third-order valence-electron chi connectivity index (χ3n) is 4.37. The zero-order valence-electron chi connectivity index (χ0n) is 14.7. The molecule has 142 valence electrons. The third-order valence-corrected chi connectivity index (χ3v) is 5.49. The Balaban J connectivity index is 2.21. The lowest BCUT2D eigenvalue weighted by molar-refractivity contribution is -0.138. The number of imide groups is 1. The van der Waals surface area contributed by atoms with Crippen molar-refractivity contribution in [3.05, 3.63) is 35.9 Å². The van der Waals surface area contributed by atoms with Gasteiger partial charge in [-0.1, -0.05) is 30.3 Å². The summed E-state index contributed by atoms with van der Waals surface area (Å²) in [4.78, 5) is 39.3. The number of rotatable bonds is 10. The van der Waals surface area contributed by atoms with Crippen LogP contribution in [0.5, 0.6) is 0 Å². The number of thiol groups is 1. The molecule has 0 radical (unpaired) electrons. The molecule has 1 aromatic rings. The number of aliphatic carboxylic acids is 1. The van der Waals surface area contributed by atoms with Crippen LogP contribution in [0.2, 0.25) is 0 Å². The summed E-state index contributed by atoms with van der Waals surface area (Å²) in [5.41, 5.74) is 1.00. The molecule has 0 bridgehead atoms. The minimum atomic E-state index is -1.12. The summed E-state index contributed by atoms with van der Waals surface area (Å²) in [5, 5.41) is 9.14. The second-order valence-corrected chi connectivity index (χ2v) is 7.54. The van der Waals surface area contributed by atoms with Gasteiger partial charge in [-0.3, -0.25) is 14.5 Å². The Morgan fingerprint density at radius 3 is 2.58 bits per heavy atom. The van der Waals surface area contributed by atoms with E-state index in [1.807, 2.05) is 36.6 Å². The quantitative estimate of drug-likeness (QED) is 0.361. The Kier molecular flexibility index (Phi) is 7.84. The maximum atomic E-state index is 12.9. The van der Waals surface area contributed by atoms with Gasteiger partial charge in [-0.05, 0) is 36.8 Å². The molecule has 8 heteroatoms. The van der Waals surface area contributed by atoms with Gasteiger partial charge in [-0.15, -0.1) is 0 Å². The molecule has 1 fully saturated rings. The number of hydrogen-bond acceptors (Lipinski definition) is 5. The Bertz CT molecular complexity index is 641. The molecule has 1 aliphatic rings. The van der Waals surface area contributed by atoms with E-state index in [9.17, 15) is 14.4 Å². The average Bonchev–Trinajstić information content (AvgIpc) is 2.84. The molecule has 0 aromatic heterocycles. The molecule has 0 aliphatic carbocycles. The van der Waals surface area contributed by atoms with Crippen molar-refractivity contribution in [3.8, 4) is 0 Å². The first-order chi connectivity index (χ1) is 12.5. The summed E-state index contributed by atoms with van der Waals surface area (Å²) in [5.74, 6) is -0.246. The van der Waals surface area contributed by atoms with E-state index in [2.05, 4.69) is 12.6 Å². The largest absolute Gasteiger partial charge is 0.480 e. The van der Waals surface area contributed by atoms with Crippen LogP contribution in [0, 0.1) is 0 Å². The molecule has 2 atom stereocenters. The van der Waals surface area contributed by atoms with Gasteiger partial charge < -0.3 is 10.0 Å². The zero-order valence-corrected chi connectivity index (χ0v) is 16.4. The van der Waals surface area contributed by atoms with Gasteiger partial charge in [-0.2, -0.15) is 24.4 Å². The van der Waals surface area contributed by atoms with E-state index in [1.54, 1.807) is 11.8 Å². The number of carbonyl (C=O) groups is 3. The van der Waals surface area contributed by atoms with Crippen molar-refractivity contribution >= 4 is 42.3 Å². The lowest BCUT2D eigenvalue weighted by Gasteiger charge is -2.24. The molecule has 1 aliphatic heterocycles. The van der Waals surface area contributed by atoms with Crippen molar-refractivity contribution in [2.24, 2.45) is 0 Å². The molecule has 3 amide bonds. The number of carboxylic acids is 1. The third kappa shape index (κ3) is 4.94. The lowest BCUT2D eigenvalue weighted by Crippen LogP contribution is -2.44. The Morgan fingerprint density at radius 2 is 2.00 bits per heavy atom. The normalized spacial score (nSPS) is 18.5. The molecule has 0 spiro atoms. The van der Waals surface area contributed by atoms with Crippen LogP contribution in [0.1, 0.15) is 18.4 Å². The van der Waals surface area contributed by atoms with Crippen LogP contribution < -0.4 is 0 Å². The first kappa shape index (κ1) is 20.6. The van der Waals surface area contributed by atoms with E-state index in [4.69, 9.17) is 5.11 Å². The average molecular weight is 397 g/mol. The molecule has 1 saturated heterocycles.